The van der Waals surface area contributed by atoms with Gasteiger partial charge in [0.05, 0.1) is 12.2 Å². The molecule has 0 unspecified atom stereocenters. The number of aromatic amines is 1. The Balaban J connectivity index is 1.53. The number of hydrogen-bond donors (Lipinski definition) is 2. The zero-order chi connectivity index (χ0) is 20.2. The molecule has 148 valence electrons. The van der Waals surface area contributed by atoms with E-state index in [0.717, 1.165) is 23.2 Å². The number of unbranched alkanes of at least 4 members (excludes halogenated alkanes) is 1. The standard InChI is InChI=1S/C23H25N5O/c1-3-4-8-17-10-12-18(13-11-17)24-15-19-14-21(29)28-23(25-19)26-22(27-28)20-9-6-5-7-16(20)2/h5-7,9-14,24H,3-4,8,15H2,1-2H3,(H,25,26,27). The molecule has 0 saturated carbocycles. The number of nitrogens with zero attached hydrogens (tertiary/aromatic N) is 3. The minimum absolute atomic E-state index is 0.172. The van der Waals surface area contributed by atoms with E-state index in [-0.39, 0.29) is 5.56 Å². The largest absolute Gasteiger partial charge is 0.379 e. The first-order valence-electron chi connectivity index (χ1n) is 10.0. The smallest absolute Gasteiger partial charge is 0.274 e. The van der Waals surface area contributed by atoms with Crippen LogP contribution in [0.1, 0.15) is 36.6 Å². The number of aromatic nitrogens is 4. The average molecular weight is 387 g/mol. The van der Waals surface area contributed by atoms with Gasteiger partial charge in [-0.3, -0.25) is 9.89 Å². The Hall–Kier alpha value is -3.41. The van der Waals surface area contributed by atoms with Gasteiger partial charge in [0, 0.05) is 17.3 Å². The summed E-state index contributed by atoms with van der Waals surface area (Å²) in [5.41, 5.74) is 4.89. The highest BCUT2D eigenvalue weighted by molar-refractivity contribution is 5.61. The van der Waals surface area contributed by atoms with Gasteiger partial charge in [0.1, 0.15) is 0 Å². The predicted molar refractivity (Wildman–Crippen MR) is 116 cm³/mol. The highest BCUT2D eigenvalue weighted by atomic mass is 16.1. The molecule has 0 aliphatic carbocycles. The Labute approximate surface area is 169 Å². The number of hydrogen-bond acceptors (Lipinski definition) is 4. The average Bonchev–Trinajstić information content (AvgIpc) is 3.16. The van der Waals surface area contributed by atoms with E-state index in [9.17, 15) is 4.79 Å². The van der Waals surface area contributed by atoms with Gasteiger partial charge < -0.3 is 5.32 Å². The second-order valence-corrected chi connectivity index (χ2v) is 7.26. The molecule has 0 aliphatic heterocycles. The summed E-state index contributed by atoms with van der Waals surface area (Å²) >= 11 is 0. The van der Waals surface area contributed by atoms with Gasteiger partial charge in [0.15, 0.2) is 5.82 Å². The van der Waals surface area contributed by atoms with E-state index in [2.05, 4.69) is 51.6 Å². The molecule has 2 N–H and O–H groups in total. The molecular weight excluding hydrogens is 362 g/mol. The first-order valence-corrected chi connectivity index (χ1v) is 10.0. The van der Waals surface area contributed by atoms with Crippen LogP contribution in [-0.2, 0) is 13.0 Å². The highest BCUT2D eigenvalue weighted by Gasteiger charge is 2.11. The number of aryl methyl sites for hydroxylation is 2. The number of benzene rings is 2. The lowest BCUT2D eigenvalue weighted by Crippen LogP contribution is -2.17. The van der Waals surface area contributed by atoms with Crippen molar-refractivity contribution < 1.29 is 0 Å². The molecule has 0 amide bonds. The van der Waals surface area contributed by atoms with E-state index >= 15 is 0 Å². The maximum Gasteiger partial charge on any atom is 0.274 e. The van der Waals surface area contributed by atoms with Gasteiger partial charge in [-0.15, -0.1) is 0 Å². The molecular formula is C23H25N5O. The topological polar surface area (TPSA) is 75.1 Å². The van der Waals surface area contributed by atoms with Crippen LogP contribution in [0.2, 0.25) is 0 Å². The highest BCUT2D eigenvalue weighted by Crippen LogP contribution is 2.19. The second kappa shape index (κ2) is 8.31. The molecule has 4 rings (SSSR count). The normalized spacial score (nSPS) is 11.1. The van der Waals surface area contributed by atoms with Gasteiger partial charge >= 0.3 is 0 Å². The van der Waals surface area contributed by atoms with Crippen LogP contribution in [0.4, 0.5) is 5.69 Å². The van der Waals surface area contributed by atoms with Gasteiger partial charge in [-0.1, -0.05) is 49.7 Å². The zero-order valence-corrected chi connectivity index (χ0v) is 16.8. The van der Waals surface area contributed by atoms with Crippen molar-refractivity contribution in [3.63, 3.8) is 0 Å². The number of rotatable bonds is 7. The van der Waals surface area contributed by atoms with E-state index in [4.69, 9.17) is 0 Å². The quantitative estimate of drug-likeness (QED) is 0.494. The van der Waals surface area contributed by atoms with Crippen LogP contribution in [0.15, 0.2) is 59.4 Å². The molecule has 0 fully saturated rings. The van der Waals surface area contributed by atoms with E-state index < -0.39 is 0 Å². The van der Waals surface area contributed by atoms with Crippen molar-refractivity contribution in [2.24, 2.45) is 0 Å². The van der Waals surface area contributed by atoms with Gasteiger partial charge in [-0.2, -0.15) is 9.50 Å². The van der Waals surface area contributed by atoms with Crippen LogP contribution in [0.3, 0.4) is 0 Å². The fourth-order valence-electron chi connectivity index (χ4n) is 3.34. The van der Waals surface area contributed by atoms with E-state index in [1.807, 2.05) is 31.2 Å². The van der Waals surface area contributed by atoms with Crippen LogP contribution in [0.5, 0.6) is 0 Å². The molecule has 2 aromatic heterocycles. The molecule has 0 atom stereocenters. The van der Waals surface area contributed by atoms with E-state index in [1.54, 1.807) is 0 Å². The molecule has 0 radical (unpaired) electrons. The predicted octanol–water partition coefficient (Wildman–Crippen LogP) is 4.35. The molecule has 6 nitrogen and oxygen atoms in total. The van der Waals surface area contributed by atoms with Crippen LogP contribution in [0, 0.1) is 6.92 Å². The van der Waals surface area contributed by atoms with Crippen molar-refractivity contribution in [2.75, 3.05) is 5.32 Å². The minimum atomic E-state index is -0.172. The maximum atomic E-state index is 12.5. The summed E-state index contributed by atoms with van der Waals surface area (Å²) < 4.78 is 1.38. The lowest BCUT2D eigenvalue weighted by molar-refractivity contribution is 0.795. The number of nitrogens with one attached hydrogen (secondary N) is 2. The summed E-state index contributed by atoms with van der Waals surface area (Å²) in [4.78, 5) is 21.6. The minimum Gasteiger partial charge on any atom is -0.379 e. The Morgan fingerprint density at radius 2 is 1.86 bits per heavy atom. The number of fused-ring (bicyclic) bond motifs is 1. The molecule has 29 heavy (non-hydrogen) atoms. The molecule has 6 heteroatoms. The SMILES string of the molecule is CCCCc1ccc(NCc2cc(=O)n3[nH]c(-c4ccccc4C)nc3n2)cc1. The fraction of sp³-hybridized carbons (Fsp3) is 0.261. The fourth-order valence-corrected chi connectivity index (χ4v) is 3.34. The van der Waals surface area contributed by atoms with Crippen molar-refractivity contribution >= 4 is 11.5 Å². The molecule has 2 heterocycles. The molecule has 4 aromatic rings. The van der Waals surface area contributed by atoms with E-state index in [1.165, 1.54) is 29.0 Å². The van der Waals surface area contributed by atoms with Crippen LogP contribution >= 0.6 is 0 Å². The molecule has 0 bridgehead atoms. The lowest BCUT2D eigenvalue weighted by Gasteiger charge is -2.07. The molecule has 2 aromatic carbocycles. The lowest BCUT2D eigenvalue weighted by atomic mass is 10.1. The van der Waals surface area contributed by atoms with Crippen LogP contribution in [-0.4, -0.2) is 19.6 Å². The summed E-state index contributed by atoms with van der Waals surface area (Å²) in [7, 11) is 0. The molecule has 0 spiro atoms. The second-order valence-electron chi connectivity index (χ2n) is 7.26. The Kier molecular flexibility index (Phi) is 5.42. The Morgan fingerprint density at radius 3 is 2.62 bits per heavy atom. The summed E-state index contributed by atoms with van der Waals surface area (Å²) in [6.07, 6.45) is 3.51. The third kappa shape index (κ3) is 4.21. The van der Waals surface area contributed by atoms with Crippen molar-refractivity contribution in [3.8, 4) is 11.4 Å². The molecule has 0 aliphatic rings. The van der Waals surface area contributed by atoms with Gasteiger partial charge in [0.2, 0.25) is 0 Å². The van der Waals surface area contributed by atoms with Gasteiger partial charge in [-0.25, -0.2) is 4.98 Å². The monoisotopic (exact) mass is 387 g/mol. The summed E-state index contributed by atoms with van der Waals surface area (Å²) in [6.45, 7) is 4.68. The third-order valence-corrected chi connectivity index (χ3v) is 5.03. The number of anilines is 1. The zero-order valence-electron chi connectivity index (χ0n) is 16.8. The Morgan fingerprint density at radius 1 is 1.07 bits per heavy atom. The summed E-state index contributed by atoms with van der Waals surface area (Å²) in [6, 6.07) is 17.9. The van der Waals surface area contributed by atoms with Gasteiger partial charge in [-0.05, 0) is 43.0 Å². The Bertz CT molecular complexity index is 1170. The van der Waals surface area contributed by atoms with Crippen molar-refractivity contribution in [1.29, 1.82) is 0 Å². The number of H-pyrrole nitrogens is 1. The van der Waals surface area contributed by atoms with Crippen LogP contribution in [0.25, 0.3) is 17.2 Å². The van der Waals surface area contributed by atoms with Crippen molar-refractivity contribution in [2.45, 2.75) is 39.7 Å². The van der Waals surface area contributed by atoms with Gasteiger partial charge in [0.25, 0.3) is 11.3 Å². The summed E-state index contributed by atoms with van der Waals surface area (Å²) in [5.74, 6) is 1.02. The summed E-state index contributed by atoms with van der Waals surface area (Å²) in [5, 5.41) is 6.39. The first-order chi connectivity index (χ1) is 14.1. The van der Waals surface area contributed by atoms with Crippen LogP contribution < -0.4 is 10.9 Å². The first kappa shape index (κ1) is 18.9. The van der Waals surface area contributed by atoms with Crippen molar-refractivity contribution in [3.05, 3.63) is 81.8 Å². The van der Waals surface area contributed by atoms with Crippen molar-refractivity contribution in [1.82, 2.24) is 19.6 Å². The third-order valence-electron chi connectivity index (χ3n) is 5.03. The maximum absolute atomic E-state index is 12.5. The van der Waals surface area contributed by atoms with E-state index in [0.29, 0.717) is 23.8 Å². The molecule has 0 saturated heterocycles.